The van der Waals surface area contributed by atoms with Gasteiger partial charge in [0, 0.05) is 22.6 Å². The van der Waals surface area contributed by atoms with Crippen molar-refractivity contribution in [2.24, 2.45) is 0 Å². The normalized spacial score (nSPS) is 13.5. The number of nitrogens with one attached hydrogen (secondary N) is 1. The first kappa shape index (κ1) is 17.5. The van der Waals surface area contributed by atoms with Gasteiger partial charge >= 0.3 is 0 Å². The lowest BCUT2D eigenvalue weighted by Gasteiger charge is -2.09. The highest BCUT2D eigenvalue weighted by Gasteiger charge is 2.14. The number of furan rings is 1. The van der Waals surface area contributed by atoms with Crippen LogP contribution < -0.4 is 5.32 Å². The predicted octanol–water partition coefficient (Wildman–Crippen LogP) is 3.57. The number of carbonyl (C=O) groups excluding carboxylic acids is 1. The molecule has 124 valence electrons. The summed E-state index contributed by atoms with van der Waals surface area (Å²) in [5.41, 5.74) is 2.22. The van der Waals surface area contributed by atoms with Crippen LogP contribution in [0.2, 0.25) is 0 Å². The molecule has 0 bridgehead atoms. The molecule has 0 aliphatic carbocycles. The van der Waals surface area contributed by atoms with E-state index >= 15 is 0 Å². The molecule has 0 saturated heterocycles. The lowest BCUT2D eigenvalue weighted by atomic mass is 10.2. The van der Waals surface area contributed by atoms with E-state index in [2.05, 4.69) is 5.32 Å². The topological polar surface area (TPSA) is 59.3 Å². The van der Waals surface area contributed by atoms with Crippen molar-refractivity contribution in [3.8, 4) is 0 Å². The second kappa shape index (κ2) is 8.11. The lowest BCUT2D eigenvalue weighted by molar-refractivity contribution is 0.0910. The molecule has 0 aliphatic heterocycles. The molecule has 1 aromatic carbocycles. The summed E-state index contributed by atoms with van der Waals surface area (Å²) >= 11 is 0. The molecule has 2 rings (SSSR count). The van der Waals surface area contributed by atoms with Crippen LogP contribution in [-0.4, -0.2) is 16.2 Å². The molecular formula is C18H23NO3S. The Morgan fingerprint density at radius 1 is 1.17 bits per heavy atom. The van der Waals surface area contributed by atoms with E-state index in [4.69, 9.17) is 4.42 Å². The number of benzene rings is 1. The quantitative estimate of drug-likeness (QED) is 0.843. The van der Waals surface area contributed by atoms with E-state index in [1.165, 1.54) is 5.56 Å². The van der Waals surface area contributed by atoms with E-state index in [0.717, 1.165) is 12.0 Å². The Balaban J connectivity index is 1.92. The first-order valence-electron chi connectivity index (χ1n) is 7.78. The highest BCUT2D eigenvalue weighted by molar-refractivity contribution is 7.83. The summed E-state index contributed by atoms with van der Waals surface area (Å²) in [7, 11) is -1.07. The Labute approximate surface area is 139 Å². The van der Waals surface area contributed by atoms with E-state index in [1.54, 1.807) is 12.1 Å². The Kier molecular flexibility index (Phi) is 6.16. The van der Waals surface area contributed by atoms with Crippen LogP contribution >= 0.6 is 0 Å². The molecule has 1 heterocycles. The van der Waals surface area contributed by atoms with Gasteiger partial charge in [0.1, 0.15) is 5.76 Å². The molecule has 0 saturated carbocycles. The fourth-order valence-corrected chi connectivity index (χ4v) is 3.19. The van der Waals surface area contributed by atoms with Gasteiger partial charge in [-0.2, -0.15) is 0 Å². The summed E-state index contributed by atoms with van der Waals surface area (Å²) in [6.07, 6.45) is 0.861. The van der Waals surface area contributed by atoms with Gasteiger partial charge in [-0.15, -0.1) is 0 Å². The number of aryl methyl sites for hydroxylation is 1. The largest absolute Gasteiger partial charge is 0.455 e. The fraction of sp³-hybridized carbons (Fsp3) is 0.389. The molecule has 0 aliphatic rings. The average Bonchev–Trinajstić information content (AvgIpc) is 2.98. The fourth-order valence-electron chi connectivity index (χ4n) is 2.05. The van der Waals surface area contributed by atoms with Crippen molar-refractivity contribution in [2.75, 3.05) is 0 Å². The molecule has 1 aromatic heterocycles. The maximum absolute atomic E-state index is 12.2. The van der Waals surface area contributed by atoms with Gasteiger partial charge < -0.3 is 9.73 Å². The minimum Gasteiger partial charge on any atom is -0.455 e. The Morgan fingerprint density at radius 3 is 2.52 bits per heavy atom. The van der Waals surface area contributed by atoms with Crippen LogP contribution in [0.3, 0.4) is 0 Å². The predicted molar refractivity (Wildman–Crippen MR) is 92.7 cm³/mol. The van der Waals surface area contributed by atoms with Gasteiger partial charge in [-0.05, 0) is 38.0 Å². The minimum absolute atomic E-state index is 0.103. The second-order valence-corrected chi connectivity index (χ2v) is 7.22. The highest BCUT2D eigenvalue weighted by atomic mass is 32.2. The zero-order chi connectivity index (χ0) is 16.8. The summed E-state index contributed by atoms with van der Waals surface area (Å²) in [6, 6.07) is 11.5. The van der Waals surface area contributed by atoms with Gasteiger partial charge in [0.15, 0.2) is 5.76 Å². The van der Waals surface area contributed by atoms with Crippen molar-refractivity contribution in [1.82, 2.24) is 5.32 Å². The van der Waals surface area contributed by atoms with Crippen molar-refractivity contribution in [2.45, 2.75) is 44.7 Å². The molecule has 1 amide bonds. The molecule has 0 unspecified atom stereocenters. The number of carbonyl (C=O) groups is 1. The highest BCUT2D eigenvalue weighted by Crippen LogP contribution is 2.13. The molecule has 23 heavy (non-hydrogen) atoms. The monoisotopic (exact) mass is 333 g/mol. The van der Waals surface area contributed by atoms with Crippen molar-refractivity contribution in [1.29, 1.82) is 0 Å². The molecule has 4 nitrogen and oxygen atoms in total. The van der Waals surface area contributed by atoms with Crippen molar-refractivity contribution >= 4 is 16.7 Å². The standard InChI is InChI=1S/C18H23NO3S/c1-4-14(3)19-18(20)17-10-9-16(22-17)12-23(21)11-15-7-5-13(2)6-8-15/h5-10,14H,4,11-12H2,1-3H3,(H,19,20)/t14-,23-/m0/s1. The third-order valence-corrected chi connectivity index (χ3v) is 4.89. The van der Waals surface area contributed by atoms with Gasteiger partial charge in [0.2, 0.25) is 0 Å². The average molecular weight is 333 g/mol. The van der Waals surface area contributed by atoms with Crippen LogP contribution in [0.25, 0.3) is 0 Å². The van der Waals surface area contributed by atoms with Crippen LogP contribution in [-0.2, 0) is 22.3 Å². The first-order chi connectivity index (χ1) is 11.0. The molecule has 1 N–H and O–H groups in total. The SMILES string of the molecule is CC[C@H](C)NC(=O)c1ccc(C[S@@](=O)Cc2ccc(C)cc2)o1. The first-order valence-corrected chi connectivity index (χ1v) is 9.26. The van der Waals surface area contributed by atoms with E-state index in [-0.39, 0.29) is 17.7 Å². The molecule has 0 spiro atoms. The van der Waals surface area contributed by atoms with E-state index < -0.39 is 10.8 Å². The molecule has 0 radical (unpaired) electrons. The van der Waals surface area contributed by atoms with Gasteiger partial charge in [-0.3, -0.25) is 9.00 Å². The smallest absolute Gasteiger partial charge is 0.287 e. The maximum atomic E-state index is 12.2. The van der Waals surface area contributed by atoms with Crippen LogP contribution in [0.4, 0.5) is 0 Å². The summed E-state index contributed by atoms with van der Waals surface area (Å²) in [5, 5.41) is 2.85. The summed E-state index contributed by atoms with van der Waals surface area (Å²) in [5.74, 6) is 1.41. The van der Waals surface area contributed by atoms with Crippen LogP contribution in [0.1, 0.15) is 47.7 Å². The van der Waals surface area contributed by atoms with E-state index in [0.29, 0.717) is 17.3 Å². The van der Waals surface area contributed by atoms with Gasteiger partial charge in [0.05, 0.1) is 5.75 Å². The Hall–Kier alpha value is -1.88. The van der Waals surface area contributed by atoms with Gasteiger partial charge in [0.25, 0.3) is 5.91 Å². The minimum atomic E-state index is -1.07. The molecule has 5 heteroatoms. The van der Waals surface area contributed by atoms with Crippen LogP contribution in [0, 0.1) is 6.92 Å². The zero-order valence-electron chi connectivity index (χ0n) is 13.8. The lowest BCUT2D eigenvalue weighted by Crippen LogP contribution is -2.31. The number of amides is 1. The second-order valence-electron chi connectivity index (χ2n) is 5.76. The van der Waals surface area contributed by atoms with Crippen LogP contribution in [0.15, 0.2) is 40.8 Å². The Bertz CT molecular complexity index is 676. The van der Waals surface area contributed by atoms with Crippen molar-refractivity contribution < 1.29 is 13.4 Å². The Morgan fingerprint density at radius 2 is 1.87 bits per heavy atom. The third kappa shape index (κ3) is 5.36. The molecule has 2 aromatic rings. The van der Waals surface area contributed by atoms with Crippen molar-refractivity contribution in [3.05, 3.63) is 59.0 Å². The van der Waals surface area contributed by atoms with E-state index in [1.807, 2.05) is 45.0 Å². The molecular weight excluding hydrogens is 310 g/mol. The number of rotatable bonds is 7. The third-order valence-electron chi connectivity index (χ3n) is 3.63. The molecule has 0 fully saturated rings. The van der Waals surface area contributed by atoms with Gasteiger partial charge in [-0.1, -0.05) is 36.8 Å². The van der Waals surface area contributed by atoms with Crippen molar-refractivity contribution in [3.63, 3.8) is 0 Å². The molecule has 2 atom stereocenters. The zero-order valence-corrected chi connectivity index (χ0v) is 14.6. The van der Waals surface area contributed by atoms with E-state index in [9.17, 15) is 9.00 Å². The summed E-state index contributed by atoms with van der Waals surface area (Å²) in [4.78, 5) is 12.0. The summed E-state index contributed by atoms with van der Waals surface area (Å²) in [6.45, 7) is 5.97. The number of hydrogen-bond acceptors (Lipinski definition) is 3. The van der Waals surface area contributed by atoms with Crippen LogP contribution in [0.5, 0.6) is 0 Å². The summed E-state index contributed by atoms with van der Waals surface area (Å²) < 4.78 is 17.7. The maximum Gasteiger partial charge on any atom is 0.287 e. The van der Waals surface area contributed by atoms with Gasteiger partial charge in [-0.25, -0.2) is 0 Å². The number of hydrogen-bond donors (Lipinski definition) is 1.